The first-order valence-electron chi connectivity index (χ1n) is 10.7. The second kappa shape index (κ2) is 10.4. The third kappa shape index (κ3) is 5.18. The standard InChI is InChI=1S/C23H27N3O4S3/c1-30-18-10-11-21-20(15-18)26(13-14-31-2)23(32-21)24-22(27)17-7-6-12-25(16-17)33(28,29)19-8-4-3-5-9-19/h3-5,8-11,15,17H,6-7,12-14,16H2,1-2H3. The first-order chi connectivity index (χ1) is 15.9. The van der Waals surface area contributed by atoms with E-state index in [1.807, 2.05) is 24.5 Å². The second-order valence-corrected chi connectivity index (χ2v) is 11.8. The van der Waals surface area contributed by atoms with Gasteiger partial charge in [-0.3, -0.25) is 4.79 Å². The van der Waals surface area contributed by atoms with Crippen LogP contribution in [0, 0.1) is 5.92 Å². The maximum atomic E-state index is 13.2. The van der Waals surface area contributed by atoms with Gasteiger partial charge in [0.25, 0.3) is 5.91 Å². The summed E-state index contributed by atoms with van der Waals surface area (Å²) in [4.78, 5) is 18.6. The molecule has 1 aliphatic heterocycles. The third-order valence-electron chi connectivity index (χ3n) is 5.73. The maximum Gasteiger partial charge on any atom is 0.252 e. The van der Waals surface area contributed by atoms with E-state index < -0.39 is 15.9 Å². The first-order valence-corrected chi connectivity index (χ1v) is 14.4. The number of piperidine rings is 1. The molecule has 4 rings (SSSR count). The van der Waals surface area contributed by atoms with Crippen LogP contribution in [0.15, 0.2) is 58.4 Å². The molecular formula is C23H27N3O4S3. The molecule has 176 valence electrons. The Morgan fingerprint density at radius 3 is 2.76 bits per heavy atom. The fraction of sp³-hybridized carbons (Fsp3) is 0.391. The van der Waals surface area contributed by atoms with Gasteiger partial charge in [-0.1, -0.05) is 29.5 Å². The summed E-state index contributed by atoms with van der Waals surface area (Å²) < 4.78 is 35.9. The van der Waals surface area contributed by atoms with E-state index in [2.05, 4.69) is 9.56 Å². The number of hydrogen-bond donors (Lipinski definition) is 0. The Morgan fingerprint density at radius 1 is 1.24 bits per heavy atom. The van der Waals surface area contributed by atoms with Crippen molar-refractivity contribution < 1.29 is 17.9 Å². The molecule has 2 heterocycles. The molecule has 1 saturated heterocycles. The van der Waals surface area contributed by atoms with E-state index in [1.165, 1.54) is 15.6 Å². The van der Waals surface area contributed by atoms with Gasteiger partial charge in [0, 0.05) is 31.5 Å². The molecule has 1 unspecified atom stereocenters. The molecule has 2 aromatic carbocycles. The van der Waals surface area contributed by atoms with Gasteiger partial charge in [-0.05, 0) is 43.4 Å². The van der Waals surface area contributed by atoms with Gasteiger partial charge in [-0.15, -0.1) is 0 Å². The van der Waals surface area contributed by atoms with Crippen molar-refractivity contribution in [3.05, 3.63) is 53.3 Å². The first kappa shape index (κ1) is 24.0. The van der Waals surface area contributed by atoms with Crippen molar-refractivity contribution in [2.75, 3.05) is 32.2 Å². The van der Waals surface area contributed by atoms with E-state index in [0.717, 1.165) is 28.3 Å². The number of carbonyl (C=O) groups is 1. The van der Waals surface area contributed by atoms with Crippen LogP contribution in [0.4, 0.5) is 0 Å². The molecule has 0 aliphatic carbocycles. The number of rotatable bonds is 7. The smallest absolute Gasteiger partial charge is 0.252 e. The zero-order valence-corrected chi connectivity index (χ0v) is 21.1. The molecule has 0 radical (unpaired) electrons. The van der Waals surface area contributed by atoms with Gasteiger partial charge in [0.05, 0.1) is 28.1 Å². The lowest BCUT2D eigenvalue weighted by Gasteiger charge is -2.30. The number of fused-ring (bicyclic) bond motifs is 1. The molecule has 1 amide bonds. The number of amides is 1. The molecule has 1 fully saturated rings. The largest absolute Gasteiger partial charge is 0.497 e. The zero-order valence-electron chi connectivity index (χ0n) is 18.6. The van der Waals surface area contributed by atoms with Crippen molar-refractivity contribution in [3.8, 4) is 5.75 Å². The average molecular weight is 506 g/mol. The predicted molar refractivity (Wildman–Crippen MR) is 133 cm³/mol. The molecule has 33 heavy (non-hydrogen) atoms. The topological polar surface area (TPSA) is 81.0 Å². The normalized spacial score (nSPS) is 18.0. The summed E-state index contributed by atoms with van der Waals surface area (Å²) >= 11 is 3.20. The van der Waals surface area contributed by atoms with Gasteiger partial charge in [0.1, 0.15) is 5.75 Å². The fourth-order valence-corrected chi connectivity index (χ4v) is 6.90. The van der Waals surface area contributed by atoms with Crippen molar-refractivity contribution in [3.63, 3.8) is 0 Å². The van der Waals surface area contributed by atoms with Crippen LogP contribution in [0.1, 0.15) is 12.8 Å². The lowest BCUT2D eigenvalue weighted by molar-refractivity contribution is -0.122. The summed E-state index contributed by atoms with van der Waals surface area (Å²) in [5.74, 6) is 0.923. The number of aromatic nitrogens is 1. The summed E-state index contributed by atoms with van der Waals surface area (Å²) in [5.41, 5.74) is 0.983. The van der Waals surface area contributed by atoms with Crippen LogP contribution >= 0.6 is 23.1 Å². The summed E-state index contributed by atoms with van der Waals surface area (Å²) in [7, 11) is -2.00. The Balaban J connectivity index is 1.63. The SMILES string of the molecule is COc1ccc2sc(=NC(=O)C3CCCN(S(=O)(=O)c4ccccc4)C3)n(CCSC)c2c1. The van der Waals surface area contributed by atoms with Crippen LogP contribution in [0.3, 0.4) is 0 Å². The Bertz CT molecular complexity index is 1300. The molecule has 0 saturated carbocycles. The summed E-state index contributed by atoms with van der Waals surface area (Å²) in [6, 6.07) is 14.2. The van der Waals surface area contributed by atoms with Gasteiger partial charge in [0.15, 0.2) is 4.80 Å². The highest BCUT2D eigenvalue weighted by Crippen LogP contribution is 2.26. The van der Waals surface area contributed by atoms with Gasteiger partial charge in [0.2, 0.25) is 10.0 Å². The van der Waals surface area contributed by atoms with Crippen LogP contribution in [-0.4, -0.2) is 55.4 Å². The highest BCUT2D eigenvalue weighted by molar-refractivity contribution is 7.98. The van der Waals surface area contributed by atoms with E-state index in [4.69, 9.17) is 4.74 Å². The van der Waals surface area contributed by atoms with Crippen molar-refractivity contribution in [2.45, 2.75) is 24.3 Å². The number of benzene rings is 2. The summed E-state index contributed by atoms with van der Waals surface area (Å²) in [5, 5.41) is 0. The van der Waals surface area contributed by atoms with E-state index in [-0.39, 0.29) is 17.3 Å². The van der Waals surface area contributed by atoms with Crippen LogP contribution in [0.2, 0.25) is 0 Å². The van der Waals surface area contributed by atoms with Crippen molar-refractivity contribution >= 4 is 49.2 Å². The quantitative estimate of drug-likeness (QED) is 0.490. The minimum Gasteiger partial charge on any atom is -0.497 e. The summed E-state index contributed by atoms with van der Waals surface area (Å²) in [6.07, 6.45) is 3.31. The van der Waals surface area contributed by atoms with Gasteiger partial charge >= 0.3 is 0 Å². The van der Waals surface area contributed by atoms with Crippen LogP contribution in [0.5, 0.6) is 5.75 Å². The Morgan fingerprint density at radius 2 is 2.03 bits per heavy atom. The van der Waals surface area contributed by atoms with E-state index >= 15 is 0 Å². The lowest BCUT2D eigenvalue weighted by Crippen LogP contribution is -2.42. The Labute approximate surface area is 202 Å². The average Bonchev–Trinajstić information content (AvgIpc) is 3.19. The van der Waals surface area contributed by atoms with Crippen molar-refractivity contribution in [2.24, 2.45) is 10.9 Å². The van der Waals surface area contributed by atoms with Gasteiger partial charge in [-0.25, -0.2) is 8.42 Å². The molecular weight excluding hydrogens is 478 g/mol. The number of sulfonamides is 1. The number of aryl methyl sites for hydroxylation is 1. The minimum absolute atomic E-state index is 0.156. The number of carbonyl (C=O) groups excluding carboxylic acids is 1. The number of hydrogen-bond acceptors (Lipinski definition) is 6. The number of thioether (sulfide) groups is 1. The second-order valence-electron chi connectivity index (χ2n) is 7.83. The molecule has 0 spiro atoms. The van der Waals surface area contributed by atoms with Crippen molar-refractivity contribution in [1.29, 1.82) is 0 Å². The van der Waals surface area contributed by atoms with E-state index in [0.29, 0.717) is 24.2 Å². The van der Waals surface area contributed by atoms with E-state index in [9.17, 15) is 13.2 Å². The number of ether oxygens (including phenoxy) is 1. The third-order valence-corrected chi connectivity index (χ3v) is 9.26. The highest BCUT2D eigenvalue weighted by Gasteiger charge is 2.33. The molecule has 1 aliphatic rings. The summed E-state index contributed by atoms with van der Waals surface area (Å²) in [6.45, 7) is 1.29. The Hall–Kier alpha value is -2.14. The maximum absolute atomic E-state index is 13.2. The van der Waals surface area contributed by atoms with E-state index in [1.54, 1.807) is 49.2 Å². The van der Waals surface area contributed by atoms with Gasteiger partial charge in [-0.2, -0.15) is 21.1 Å². The number of thiazole rings is 1. The Kier molecular flexibility index (Phi) is 7.58. The number of nitrogens with zero attached hydrogens (tertiary/aromatic N) is 3. The number of methoxy groups -OCH3 is 1. The lowest BCUT2D eigenvalue weighted by atomic mass is 9.99. The highest BCUT2D eigenvalue weighted by atomic mass is 32.2. The van der Waals surface area contributed by atoms with Gasteiger partial charge < -0.3 is 9.30 Å². The minimum atomic E-state index is -3.63. The van der Waals surface area contributed by atoms with Crippen LogP contribution in [0.25, 0.3) is 10.2 Å². The molecule has 3 aromatic rings. The zero-order chi connectivity index (χ0) is 23.4. The predicted octanol–water partition coefficient (Wildman–Crippen LogP) is 3.60. The fourth-order valence-electron chi connectivity index (χ4n) is 3.95. The molecule has 10 heteroatoms. The molecule has 7 nitrogen and oxygen atoms in total. The van der Waals surface area contributed by atoms with Crippen LogP contribution in [-0.2, 0) is 21.4 Å². The molecule has 1 atom stereocenters. The molecule has 0 N–H and O–H groups in total. The van der Waals surface area contributed by atoms with Crippen LogP contribution < -0.4 is 9.54 Å². The molecule has 0 bridgehead atoms. The van der Waals surface area contributed by atoms with Crippen molar-refractivity contribution in [1.82, 2.24) is 8.87 Å². The molecule has 1 aromatic heterocycles. The monoisotopic (exact) mass is 505 g/mol.